The smallest absolute Gasteiger partial charge is 0.291 e. The molecule has 1 N–H and O–H groups in total. The zero-order chi connectivity index (χ0) is 14.8. The van der Waals surface area contributed by atoms with Gasteiger partial charge in [0.15, 0.2) is 0 Å². The third-order valence-electron chi connectivity index (χ3n) is 4.73. The van der Waals surface area contributed by atoms with Crippen LogP contribution in [0.4, 0.5) is 5.69 Å². The minimum absolute atomic E-state index is 0.0632. The largest absolute Gasteiger partial charge is 0.377 e. The predicted octanol–water partition coefficient (Wildman–Crippen LogP) is 3.69. The summed E-state index contributed by atoms with van der Waals surface area (Å²) in [6.07, 6.45) is 9.97. The van der Waals surface area contributed by atoms with Crippen LogP contribution in [0.2, 0.25) is 5.02 Å². The first-order valence-corrected chi connectivity index (χ1v) is 8.53. The molecule has 3 rings (SSSR count). The highest BCUT2D eigenvalue weighted by Crippen LogP contribution is 2.30. The highest BCUT2D eigenvalue weighted by Gasteiger charge is 2.24. The summed E-state index contributed by atoms with van der Waals surface area (Å²) in [6, 6.07) is 0.358. The summed E-state index contributed by atoms with van der Waals surface area (Å²) < 4.78 is 1.57. The molecule has 2 saturated carbocycles. The first kappa shape index (κ1) is 14.9. The molecule has 2 atom stereocenters. The minimum atomic E-state index is -0.0632. The van der Waals surface area contributed by atoms with E-state index in [1.807, 2.05) is 0 Å². The van der Waals surface area contributed by atoms with E-state index in [1.165, 1.54) is 32.1 Å². The summed E-state index contributed by atoms with van der Waals surface area (Å²) in [6.45, 7) is 3.04. The zero-order valence-corrected chi connectivity index (χ0v) is 13.4. The van der Waals surface area contributed by atoms with Crippen LogP contribution in [0, 0.1) is 11.8 Å². The molecule has 0 saturated heterocycles. The molecule has 21 heavy (non-hydrogen) atoms. The van der Waals surface area contributed by atoms with Crippen molar-refractivity contribution in [3.63, 3.8) is 0 Å². The number of hydrogen-bond acceptors (Lipinski definition) is 3. The van der Waals surface area contributed by atoms with Gasteiger partial charge in [-0.2, -0.15) is 5.10 Å². The van der Waals surface area contributed by atoms with Gasteiger partial charge in [0, 0.05) is 12.6 Å². The quantitative estimate of drug-likeness (QED) is 0.863. The van der Waals surface area contributed by atoms with Crippen molar-refractivity contribution in [2.45, 2.75) is 64.5 Å². The molecular formula is C16H24ClN3O. The van der Waals surface area contributed by atoms with Gasteiger partial charge in [-0.15, -0.1) is 0 Å². The van der Waals surface area contributed by atoms with Crippen LogP contribution in [-0.2, 0) is 6.54 Å². The van der Waals surface area contributed by atoms with E-state index >= 15 is 0 Å². The van der Waals surface area contributed by atoms with Crippen molar-refractivity contribution in [2.24, 2.45) is 11.8 Å². The van der Waals surface area contributed by atoms with E-state index in [4.69, 9.17) is 11.6 Å². The SMILES string of the molecule is CC1CCCC(Nc2c(Cl)cnn(CC3CC3)c2=O)CC1. The van der Waals surface area contributed by atoms with E-state index in [1.54, 1.807) is 10.9 Å². The molecule has 0 spiro atoms. The van der Waals surface area contributed by atoms with E-state index in [9.17, 15) is 4.79 Å². The molecule has 2 unspecified atom stereocenters. The highest BCUT2D eigenvalue weighted by atomic mass is 35.5. The molecule has 0 radical (unpaired) electrons. The Morgan fingerprint density at radius 1 is 1.29 bits per heavy atom. The zero-order valence-electron chi connectivity index (χ0n) is 12.6. The Morgan fingerprint density at radius 2 is 2.10 bits per heavy atom. The van der Waals surface area contributed by atoms with Gasteiger partial charge in [0.2, 0.25) is 0 Å². The molecule has 2 aliphatic rings. The molecular weight excluding hydrogens is 286 g/mol. The maximum atomic E-state index is 12.5. The van der Waals surface area contributed by atoms with Crippen molar-refractivity contribution in [1.29, 1.82) is 0 Å². The maximum Gasteiger partial charge on any atom is 0.291 e. The number of halogens is 1. The van der Waals surface area contributed by atoms with Crippen molar-refractivity contribution in [3.05, 3.63) is 21.6 Å². The topological polar surface area (TPSA) is 46.9 Å². The van der Waals surface area contributed by atoms with Gasteiger partial charge >= 0.3 is 0 Å². The molecule has 1 aromatic rings. The summed E-state index contributed by atoms with van der Waals surface area (Å²) in [5.74, 6) is 1.42. The Kier molecular flexibility index (Phi) is 4.53. The fraction of sp³-hybridized carbons (Fsp3) is 0.750. The number of nitrogens with one attached hydrogen (secondary N) is 1. The molecule has 1 heterocycles. The summed E-state index contributed by atoms with van der Waals surface area (Å²) in [5, 5.41) is 8.03. The second-order valence-corrected chi connectivity index (χ2v) is 7.16. The van der Waals surface area contributed by atoms with Crippen LogP contribution >= 0.6 is 11.6 Å². The third-order valence-corrected chi connectivity index (χ3v) is 5.02. The van der Waals surface area contributed by atoms with Crippen molar-refractivity contribution in [1.82, 2.24) is 9.78 Å². The average Bonchev–Trinajstić information content (AvgIpc) is 3.27. The second-order valence-electron chi connectivity index (χ2n) is 6.75. The lowest BCUT2D eigenvalue weighted by molar-refractivity contribution is 0.501. The number of hydrogen-bond donors (Lipinski definition) is 1. The molecule has 0 amide bonds. The van der Waals surface area contributed by atoms with Crippen LogP contribution in [0.25, 0.3) is 0 Å². The fourth-order valence-electron chi connectivity index (χ4n) is 3.11. The van der Waals surface area contributed by atoms with Crippen LogP contribution in [0.15, 0.2) is 11.0 Å². The normalized spacial score (nSPS) is 26.4. The van der Waals surface area contributed by atoms with Gasteiger partial charge in [-0.05, 0) is 43.9 Å². The van der Waals surface area contributed by atoms with E-state index in [0.717, 1.165) is 25.3 Å². The highest BCUT2D eigenvalue weighted by molar-refractivity contribution is 6.33. The lowest BCUT2D eigenvalue weighted by Gasteiger charge is -2.18. The molecule has 4 nitrogen and oxygen atoms in total. The lowest BCUT2D eigenvalue weighted by Crippen LogP contribution is -2.30. The molecule has 116 valence electrons. The van der Waals surface area contributed by atoms with Gasteiger partial charge in [-0.1, -0.05) is 31.4 Å². The van der Waals surface area contributed by atoms with Crippen molar-refractivity contribution in [2.75, 3.05) is 5.32 Å². The van der Waals surface area contributed by atoms with Crippen LogP contribution in [0.1, 0.15) is 51.9 Å². The van der Waals surface area contributed by atoms with E-state index in [-0.39, 0.29) is 5.56 Å². The van der Waals surface area contributed by atoms with Crippen molar-refractivity contribution < 1.29 is 0 Å². The van der Waals surface area contributed by atoms with Crippen molar-refractivity contribution >= 4 is 17.3 Å². The van der Waals surface area contributed by atoms with Gasteiger partial charge in [-0.25, -0.2) is 4.68 Å². The monoisotopic (exact) mass is 309 g/mol. The fourth-order valence-corrected chi connectivity index (χ4v) is 3.29. The molecule has 0 aromatic carbocycles. The Bertz CT molecular complexity index is 553. The minimum Gasteiger partial charge on any atom is -0.377 e. The van der Waals surface area contributed by atoms with Gasteiger partial charge < -0.3 is 5.32 Å². The van der Waals surface area contributed by atoms with Gasteiger partial charge in [-0.3, -0.25) is 4.79 Å². The van der Waals surface area contributed by atoms with Crippen LogP contribution < -0.4 is 10.9 Å². The lowest BCUT2D eigenvalue weighted by atomic mass is 10.0. The van der Waals surface area contributed by atoms with Gasteiger partial charge in [0.05, 0.1) is 11.2 Å². The second kappa shape index (κ2) is 6.39. The molecule has 0 aliphatic heterocycles. The Hall–Kier alpha value is -1.03. The third kappa shape index (κ3) is 3.79. The van der Waals surface area contributed by atoms with E-state index in [2.05, 4.69) is 17.3 Å². The van der Waals surface area contributed by atoms with Crippen LogP contribution in [0.5, 0.6) is 0 Å². The summed E-state index contributed by atoms with van der Waals surface area (Å²) in [7, 11) is 0. The molecule has 2 aliphatic carbocycles. The first-order valence-electron chi connectivity index (χ1n) is 8.15. The van der Waals surface area contributed by atoms with E-state index < -0.39 is 0 Å². The maximum absolute atomic E-state index is 12.5. The van der Waals surface area contributed by atoms with Gasteiger partial charge in [0.1, 0.15) is 5.69 Å². The number of rotatable bonds is 4. The summed E-state index contributed by atoms with van der Waals surface area (Å²) in [4.78, 5) is 12.5. The van der Waals surface area contributed by atoms with Crippen LogP contribution in [-0.4, -0.2) is 15.8 Å². The number of nitrogens with zero attached hydrogens (tertiary/aromatic N) is 2. The Morgan fingerprint density at radius 3 is 2.86 bits per heavy atom. The summed E-state index contributed by atoms with van der Waals surface area (Å²) >= 11 is 6.20. The Labute approximate surface area is 130 Å². The molecule has 0 bridgehead atoms. The predicted molar refractivity (Wildman–Crippen MR) is 85.9 cm³/mol. The first-order chi connectivity index (χ1) is 10.1. The molecule has 1 aromatic heterocycles. The molecule has 5 heteroatoms. The summed E-state index contributed by atoms with van der Waals surface area (Å²) in [5.41, 5.74) is 0.485. The standard InChI is InChI=1S/C16H24ClN3O/c1-11-3-2-4-13(8-5-11)19-15-14(17)9-18-20(16(15)21)10-12-6-7-12/h9,11-13,19H,2-8,10H2,1H3. The van der Waals surface area contributed by atoms with Gasteiger partial charge in [0.25, 0.3) is 5.56 Å². The Balaban J connectivity index is 1.75. The number of anilines is 1. The van der Waals surface area contributed by atoms with Crippen LogP contribution in [0.3, 0.4) is 0 Å². The average molecular weight is 310 g/mol. The van der Waals surface area contributed by atoms with Crippen molar-refractivity contribution in [3.8, 4) is 0 Å². The van der Waals surface area contributed by atoms with E-state index in [0.29, 0.717) is 22.7 Å². The molecule has 2 fully saturated rings. The number of aromatic nitrogens is 2.